The second-order valence-electron chi connectivity index (χ2n) is 7.63. The summed E-state index contributed by atoms with van der Waals surface area (Å²) in [6.07, 6.45) is -4.46. The van der Waals surface area contributed by atoms with Crippen LogP contribution in [0.4, 0.5) is 17.6 Å². The van der Waals surface area contributed by atoms with Crippen molar-refractivity contribution in [3.05, 3.63) is 0 Å². The maximum Gasteiger partial charge on any atom is 0.417 e. The van der Waals surface area contributed by atoms with Crippen molar-refractivity contribution in [2.45, 2.75) is 57.5 Å². The third-order valence-electron chi connectivity index (χ3n) is 6.15. The average molecular weight is 356 g/mol. The van der Waals surface area contributed by atoms with Gasteiger partial charge in [-0.3, -0.25) is 0 Å². The molecular weight excluding hydrogens is 328 g/mol. The lowest BCUT2D eigenvalue weighted by Crippen LogP contribution is -2.52. The summed E-state index contributed by atoms with van der Waals surface area (Å²) in [5, 5.41) is 0. The van der Waals surface area contributed by atoms with Crippen LogP contribution in [0.3, 0.4) is 0 Å². The Morgan fingerprint density at radius 2 is 1.79 bits per heavy atom. The molecule has 24 heavy (non-hydrogen) atoms. The second-order valence-corrected chi connectivity index (χ2v) is 7.63. The van der Waals surface area contributed by atoms with Crippen molar-refractivity contribution in [1.82, 2.24) is 0 Å². The lowest BCUT2D eigenvalue weighted by molar-refractivity contribution is -0.304. The molecule has 142 valence electrons. The summed E-state index contributed by atoms with van der Waals surface area (Å²) < 4.78 is 70.8. The van der Waals surface area contributed by atoms with Crippen molar-refractivity contribution >= 4 is 0 Å². The molecule has 0 aliphatic heterocycles. The quantitative estimate of drug-likeness (QED) is 0.368. The standard InChI is InChI=1S/C17H28F4O3/c1-11-12(2)14-7-13(11)8-16(14,18)9-15(3,17(19,20)21)24-10-23-6-5-22-4/h11-14H,5-10H2,1-4H3. The molecule has 2 aliphatic carbocycles. The molecule has 2 fully saturated rings. The molecule has 6 atom stereocenters. The molecule has 2 rings (SSSR count). The van der Waals surface area contributed by atoms with E-state index in [1.165, 1.54) is 7.11 Å². The smallest absolute Gasteiger partial charge is 0.382 e. The van der Waals surface area contributed by atoms with Crippen molar-refractivity contribution in [1.29, 1.82) is 0 Å². The van der Waals surface area contributed by atoms with Crippen LogP contribution in [0.15, 0.2) is 0 Å². The maximum atomic E-state index is 15.4. The zero-order valence-corrected chi connectivity index (χ0v) is 14.8. The molecular formula is C17H28F4O3. The van der Waals surface area contributed by atoms with Gasteiger partial charge in [0.15, 0.2) is 5.60 Å². The van der Waals surface area contributed by atoms with Crippen LogP contribution in [-0.4, -0.2) is 44.6 Å². The van der Waals surface area contributed by atoms with Crippen LogP contribution in [0.5, 0.6) is 0 Å². The van der Waals surface area contributed by atoms with Gasteiger partial charge in [-0.1, -0.05) is 13.8 Å². The zero-order chi connectivity index (χ0) is 18.2. The fraction of sp³-hybridized carbons (Fsp3) is 1.00. The summed E-state index contributed by atoms with van der Waals surface area (Å²) in [5.74, 6) is 0.320. The molecule has 0 aromatic rings. The lowest BCUT2D eigenvalue weighted by Gasteiger charge is -2.43. The third-order valence-corrected chi connectivity index (χ3v) is 6.15. The number of alkyl halides is 4. The molecule has 0 saturated heterocycles. The average Bonchev–Trinajstić information content (AvgIpc) is 2.94. The summed E-state index contributed by atoms with van der Waals surface area (Å²) in [7, 11) is 1.47. The molecule has 2 aliphatic rings. The van der Waals surface area contributed by atoms with Crippen LogP contribution in [0.25, 0.3) is 0 Å². The molecule has 2 saturated carbocycles. The van der Waals surface area contributed by atoms with E-state index in [4.69, 9.17) is 14.2 Å². The number of rotatable bonds is 8. The minimum absolute atomic E-state index is 0.101. The van der Waals surface area contributed by atoms with E-state index in [2.05, 4.69) is 6.92 Å². The van der Waals surface area contributed by atoms with Crippen molar-refractivity contribution in [2.75, 3.05) is 27.1 Å². The number of fused-ring (bicyclic) bond motifs is 2. The maximum absolute atomic E-state index is 15.4. The SMILES string of the molecule is COCCOCOC(C)(CC1(F)CC2CC1C(C)C2C)C(F)(F)F. The predicted octanol–water partition coefficient (Wildman–Crippen LogP) is 4.35. The third kappa shape index (κ3) is 3.73. The Kier molecular flexibility index (Phi) is 5.87. The predicted molar refractivity (Wildman–Crippen MR) is 81.2 cm³/mol. The fourth-order valence-corrected chi connectivity index (χ4v) is 4.46. The molecule has 0 aromatic carbocycles. The van der Waals surface area contributed by atoms with Crippen molar-refractivity contribution in [2.24, 2.45) is 23.7 Å². The van der Waals surface area contributed by atoms with E-state index in [1.54, 1.807) is 0 Å². The van der Waals surface area contributed by atoms with Crippen LogP contribution in [0.1, 0.15) is 40.0 Å². The van der Waals surface area contributed by atoms with Gasteiger partial charge in [0, 0.05) is 13.5 Å². The Hall–Kier alpha value is -0.400. The minimum Gasteiger partial charge on any atom is -0.382 e. The number of halogens is 4. The molecule has 2 bridgehead atoms. The molecule has 0 spiro atoms. The normalized spacial score (nSPS) is 38.5. The van der Waals surface area contributed by atoms with Gasteiger partial charge >= 0.3 is 6.18 Å². The summed E-state index contributed by atoms with van der Waals surface area (Å²) >= 11 is 0. The molecule has 0 radical (unpaired) electrons. The highest BCUT2D eigenvalue weighted by molar-refractivity contribution is 5.09. The Balaban J connectivity index is 2.04. The summed E-state index contributed by atoms with van der Waals surface area (Å²) in [6, 6.07) is 0. The van der Waals surface area contributed by atoms with Gasteiger partial charge in [0.2, 0.25) is 0 Å². The van der Waals surface area contributed by atoms with Gasteiger partial charge in [-0.05, 0) is 43.4 Å². The second kappa shape index (κ2) is 7.08. The highest BCUT2D eigenvalue weighted by atomic mass is 19.4. The summed E-state index contributed by atoms with van der Waals surface area (Å²) in [5.41, 5.74) is -4.38. The molecule has 0 aromatic heterocycles. The van der Waals surface area contributed by atoms with Crippen LogP contribution >= 0.6 is 0 Å². The fourth-order valence-electron chi connectivity index (χ4n) is 4.46. The zero-order valence-electron chi connectivity index (χ0n) is 14.8. The number of ether oxygens (including phenoxy) is 3. The van der Waals surface area contributed by atoms with E-state index < -0.39 is 30.7 Å². The first-order chi connectivity index (χ1) is 11.0. The number of hydrogen-bond acceptors (Lipinski definition) is 3. The van der Waals surface area contributed by atoms with Crippen molar-refractivity contribution in [3.63, 3.8) is 0 Å². The Bertz CT molecular complexity index is 429. The highest BCUT2D eigenvalue weighted by Gasteiger charge is 2.64. The van der Waals surface area contributed by atoms with E-state index in [1.807, 2.05) is 6.92 Å². The van der Waals surface area contributed by atoms with Crippen LogP contribution in [0, 0.1) is 23.7 Å². The van der Waals surface area contributed by atoms with Gasteiger partial charge < -0.3 is 14.2 Å². The van der Waals surface area contributed by atoms with Crippen molar-refractivity contribution in [3.8, 4) is 0 Å². The van der Waals surface area contributed by atoms with Crippen LogP contribution in [-0.2, 0) is 14.2 Å². The van der Waals surface area contributed by atoms with Gasteiger partial charge in [-0.25, -0.2) is 4.39 Å². The van der Waals surface area contributed by atoms with E-state index in [9.17, 15) is 13.2 Å². The minimum atomic E-state index is -4.66. The molecule has 0 N–H and O–H groups in total. The molecule has 7 heteroatoms. The largest absolute Gasteiger partial charge is 0.417 e. The Morgan fingerprint density at radius 1 is 1.12 bits per heavy atom. The first kappa shape index (κ1) is 19.9. The topological polar surface area (TPSA) is 27.7 Å². The van der Waals surface area contributed by atoms with E-state index in [-0.39, 0.29) is 37.4 Å². The van der Waals surface area contributed by atoms with E-state index >= 15 is 4.39 Å². The van der Waals surface area contributed by atoms with Crippen molar-refractivity contribution < 1.29 is 31.8 Å². The number of methoxy groups -OCH3 is 1. The van der Waals surface area contributed by atoms with Crippen LogP contribution < -0.4 is 0 Å². The summed E-state index contributed by atoms with van der Waals surface area (Å²) in [6.45, 7) is 4.80. The van der Waals surface area contributed by atoms with E-state index in [0.29, 0.717) is 12.3 Å². The first-order valence-corrected chi connectivity index (χ1v) is 8.50. The van der Waals surface area contributed by atoms with Gasteiger partial charge in [0.1, 0.15) is 12.5 Å². The summed E-state index contributed by atoms with van der Waals surface area (Å²) in [4.78, 5) is 0. The Morgan fingerprint density at radius 3 is 2.29 bits per heavy atom. The molecule has 3 nitrogen and oxygen atoms in total. The monoisotopic (exact) mass is 356 g/mol. The van der Waals surface area contributed by atoms with Crippen LogP contribution in [0.2, 0.25) is 0 Å². The molecule has 6 unspecified atom stereocenters. The number of hydrogen-bond donors (Lipinski definition) is 0. The first-order valence-electron chi connectivity index (χ1n) is 8.50. The highest BCUT2D eigenvalue weighted by Crippen LogP contribution is 2.61. The van der Waals surface area contributed by atoms with Gasteiger partial charge in [0.05, 0.1) is 13.2 Å². The van der Waals surface area contributed by atoms with Gasteiger partial charge in [-0.15, -0.1) is 0 Å². The van der Waals surface area contributed by atoms with Gasteiger partial charge in [0.25, 0.3) is 0 Å². The van der Waals surface area contributed by atoms with Gasteiger partial charge in [-0.2, -0.15) is 13.2 Å². The molecule has 0 amide bonds. The molecule has 0 heterocycles. The van der Waals surface area contributed by atoms with E-state index in [0.717, 1.165) is 6.92 Å². The lowest BCUT2D eigenvalue weighted by atomic mass is 9.70. The Labute approximate surface area is 141 Å².